The Labute approximate surface area is 129 Å². The molecule has 4 unspecified atom stereocenters. The molecule has 0 aromatic carbocycles. The Bertz CT molecular complexity index is 399. The Hall–Kier alpha value is 0.0300. The average Bonchev–Trinajstić information content (AvgIpc) is 2.36. The van der Waals surface area contributed by atoms with Crippen molar-refractivity contribution in [3.8, 4) is 0 Å². The van der Waals surface area contributed by atoms with Crippen LogP contribution in [0.15, 0.2) is 4.99 Å². The molecule has 6 heteroatoms. The minimum absolute atomic E-state index is 0. The van der Waals surface area contributed by atoms with Gasteiger partial charge in [-0.05, 0) is 42.3 Å². The number of rotatable bonds is 0. The van der Waals surface area contributed by atoms with Crippen molar-refractivity contribution in [2.24, 2.45) is 28.2 Å². The smallest absolute Gasteiger partial charge is 0.861 e. The molecular weight excluding hydrogens is 247 g/mol. The number of hydrogen-bond acceptors (Lipinski definition) is 3. The van der Waals surface area contributed by atoms with Gasteiger partial charge < -0.3 is 10.4 Å². The van der Waals surface area contributed by atoms with Crippen LogP contribution in [-0.2, 0) is 4.79 Å². The SMILES string of the molecule is CC1CC(C)C2(C(=O)NC(=S)N=C2[O-])C1C.[Na+]. The minimum Gasteiger partial charge on any atom is -0.861 e. The van der Waals surface area contributed by atoms with Crippen LogP contribution in [0.4, 0.5) is 0 Å². The maximum absolute atomic E-state index is 12.1. The molecule has 1 aliphatic heterocycles. The van der Waals surface area contributed by atoms with Gasteiger partial charge in [-0.25, -0.2) is 4.99 Å². The van der Waals surface area contributed by atoms with E-state index in [1.807, 2.05) is 13.8 Å². The van der Waals surface area contributed by atoms with E-state index in [4.69, 9.17) is 12.2 Å². The summed E-state index contributed by atoms with van der Waals surface area (Å²) in [5.41, 5.74) is -0.984. The van der Waals surface area contributed by atoms with Crippen LogP contribution in [0, 0.1) is 23.2 Å². The van der Waals surface area contributed by atoms with Crippen molar-refractivity contribution in [1.29, 1.82) is 0 Å². The van der Waals surface area contributed by atoms with Crippen molar-refractivity contribution < 1.29 is 39.5 Å². The molecule has 4 nitrogen and oxygen atoms in total. The van der Waals surface area contributed by atoms with Gasteiger partial charge in [0, 0.05) is 0 Å². The average molecular weight is 262 g/mol. The predicted molar refractivity (Wildman–Crippen MR) is 62.7 cm³/mol. The van der Waals surface area contributed by atoms with E-state index in [1.165, 1.54) is 0 Å². The maximum Gasteiger partial charge on any atom is 1.00 e. The molecule has 0 radical (unpaired) electrons. The summed E-state index contributed by atoms with van der Waals surface area (Å²) in [6, 6.07) is 0. The third kappa shape index (κ3) is 1.97. The first-order valence-corrected chi connectivity index (χ1v) is 5.93. The van der Waals surface area contributed by atoms with Crippen LogP contribution in [0.1, 0.15) is 27.2 Å². The van der Waals surface area contributed by atoms with Crippen LogP contribution in [0.5, 0.6) is 0 Å². The van der Waals surface area contributed by atoms with E-state index in [9.17, 15) is 9.90 Å². The molecule has 0 bridgehead atoms. The fourth-order valence-corrected chi connectivity index (χ4v) is 3.37. The van der Waals surface area contributed by atoms with Crippen molar-refractivity contribution in [3.63, 3.8) is 0 Å². The molecule has 1 fully saturated rings. The summed E-state index contributed by atoms with van der Waals surface area (Å²) < 4.78 is 0. The molecule has 1 heterocycles. The normalized spacial score (nSPS) is 40.9. The first kappa shape index (κ1) is 15.1. The van der Waals surface area contributed by atoms with Crippen LogP contribution in [-0.4, -0.2) is 16.9 Å². The Morgan fingerprint density at radius 2 is 2.06 bits per heavy atom. The zero-order valence-electron chi connectivity index (χ0n) is 10.6. The number of amides is 1. The van der Waals surface area contributed by atoms with Crippen molar-refractivity contribution in [1.82, 2.24) is 5.32 Å². The van der Waals surface area contributed by atoms with Gasteiger partial charge in [0.1, 0.15) is 0 Å². The van der Waals surface area contributed by atoms with Crippen molar-refractivity contribution in [3.05, 3.63) is 0 Å². The molecule has 0 saturated heterocycles. The Morgan fingerprint density at radius 3 is 2.47 bits per heavy atom. The molecule has 0 aromatic heterocycles. The summed E-state index contributed by atoms with van der Waals surface area (Å²) in [5, 5.41) is 14.6. The topological polar surface area (TPSA) is 64.5 Å². The van der Waals surface area contributed by atoms with Gasteiger partial charge in [-0.15, -0.1) is 0 Å². The van der Waals surface area contributed by atoms with Gasteiger partial charge in [0.05, 0.1) is 5.41 Å². The molecule has 2 aliphatic rings. The summed E-state index contributed by atoms with van der Waals surface area (Å²) in [5.74, 6) is -0.224. The molecule has 4 atom stereocenters. The van der Waals surface area contributed by atoms with Gasteiger partial charge in [0.25, 0.3) is 0 Å². The number of carbonyl (C=O) groups excluding carboxylic acids is 1. The molecule has 17 heavy (non-hydrogen) atoms. The summed E-state index contributed by atoms with van der Waals surface area (Å²) >= 11 is 4.77. The van der Waals surface area contributed by atoms with E-state index in [0.717, 1.165) is 6.42 Å². The fraction of sp³-hybridized carbons (Fsp3) is 0.727. The number of nitrogens with one attached hydrogen (secondary N) is 1. The standard InChI is InChI=1S/C11H16N2O2S.Na/c1-5-4-6(2)11(7(5)3)8(14)12-10(16)13-9(11)15;/h5-7H,4H2,1-3H3,(H2,12,13,14,15,16);/q;+1/p-1. The second kappa shape index (κ2) is 4.96. The number of nitrogens with zero attached hydrogens (tertiary/aromatic N) is 1. The predicted octanol–water partition coefficient (Wildman–Crippen LogP) is -2.54. The molecule has 1 aliphatic carbocycles. The molecule has 1 amide bonds. The summed E-state index contributed by atoms with van der Waals surface area (Å²) in [6.07, 6.45) is 0.878. The van der Waals surface area contributed by atoms with E-state index in [0.29, 0.717) is 5.92 Å². The van der Waals surface area contributed by atoms with Gasteiger partial charge >= 0.3 is 29.6 Å². The quantitative estimate of drug-likeness (QED) is 0.386. The number of thiocarbonyl (C=S) groups is 1. The summed E-state index contributed by atoms with van der Waals surface area (Å²) in [6.45, 7) is 5.97. The zero-order valence-corrected chi connectivity index (χ0v) is 13.4. The first-order valence-electron chi connectivity index (χ1n) is 5.52. The van der Waals surface area contributed by atoms with Gasteiger partial charge in [0.15, 0.2) is 5.11 Å². The van der Waals surface area contributed by atoms with E-state index in [1.54, 1.807) is 0 Å². The van der Waals surface area contributed by atoms with Crippen LogP contribution in [0.3, 0.4) is 0 Å². The van der Waals surface area contributed by atoms with Gasteiger partial charge in [-0.2, -0.15) is 0 Å². The third-order valence-corrected chi connectivity index (χ3v) is 4.42. The van der Waals surface area contributed by atoms with Crippen LogP contribution < -0.4 is 40.0 Å². The molecule has 0 aromatic rings. The van der Waals surface area contributed by atoms with Crippen molar-refractivity contribution >= 4 is 29.1 Å². The largest absolute Gasteiger partial charge is 1.00 e. The minimum atomic E-state index is -0.984. The first-order chi connectivity index (χ1) is 7.40. The fourth-order valence-electron chi connectivity index (χ4n) is 3.19. The van der Waals surface area contributed by atoms with E-state index in [-0.39, 0.29) is 58.3 Å². The number of hydrogen-bond donors (Lipinski definition) is 1. The van der Waals surface area contributed by atoms with Gasteiger partial charge in [0.2, 0.25) is 5.91 Å². The number of aliphatic imine (C=N–C) groups is 1. The summed E-state index contributed by atoms with van der Waals surface area (Å²) in [4.78, 5) is 15.9. The third-order valence-electron chi connectivity index (χ3n) is 4.23. The summed E-state index contributed by atoms with van der Waals surface area (Å²) in [7, 11) is 0. The van der Waals surface area contributed by atoms with E-state index >= 15 is 0 Å². The monoisotopic (exact) mass is 262 g/mol. The van der Waals surface area contributed by atoms with Gasteiger partial charge in [-0.1, -0.05) is 20.8 Å². The Morgan fingerprint density at radius 1 is 1.47 bits per heavy atom. The van der Waals surface area contributed by atoms with Crippen LogP contribution in [0.2, 0.25) is 0 Å². The zero-order chi connectivity index (χ0) is 12.1. The Balaban J connectivity index is 0.00000144. The molecule has 1 N–H and O–H groups in total. The molecule has 88 valence electrons. The molecule has 1 saturated carbocycles. The second-order valence-electron chi connectivity index (χ2n) is 4.95. The molecule has 1 spiro atoms. The van der Waals surface area contributed by atoms with E-state index in [2.05, 4.69) is 17.2 Å². The van der Waals surface area contributed by atoms with Gasteiger partial charge in [-0.3, -0.25) is 4.79 Å². The van der Waals surface area contributed by atoms with Crippen LogP contribution >= 0.6 is 12.2 Å². The van der Waals surface area contributed by atoms with Crippen molar-refractivity contribution in [2.45, 2.75) is 27.2 Å². The number of carbonyl (C=O) groups is 1. The second-order valence-corrected chi connectivity index (χ2v) is 5.33. The van der Waals surface area contributed by atoms with Crippen molar-refractivity contribution in [2.75, 3.05) is 0 Å². The Kier molecular flexibility index (Phi) is 4.40. The maximum atomic E-state index is 12.1. The molecular formula is C11H15N2NaO2S. The molecule has 2 rings (SSSR count). The van der Waals surface area contributed by atoms with Crippen LogP contribution in [0.25, 0.3) is 0 Å². The van der Waals surface area contributed by atoms with E-state index < -0.39 is 5.41 Å².